The van der Waals surface area contributed by atoms with E-state index in [-0.39, 0.29) is 41.2 Å². The molecular formula is C24H26ClN3O7. The van der Waals surface area contributed by atoms with Crippen LogP contribution in [0.2, 0.25) is 0 Å². The SMILES string of the molecule is CC(=O)N/N=C(\C)C1=C(O)[C@@]2(O)C(=O)c3c(c(C)c4ccc(C)c(O)c4c3O)C[C@H]2[C@@H](N)C1=O.Cl. The quantitative estimate of drug-likeness (QED) is 0.264. The lowest BCUT2D eigenvalue weighted by Crippen LogP contribution is -2.63. The zero-order valence-electron chi connectivity index (χ0n) is 19.5. The van der Waals surface area contributed by atoms with Crippen molar-refractivity contribution in [3.8, 4) is 11.5 Å². The highest BCUT2D eigenvalue weighted by Gasteiger charge is 2.60. The fourth-order valence-corrected chi connectivity index (χ4v) is 4.99. The minimum Gasteiger partial charge on any atom is -0.508 e. The Morgan fingerprint density at radius 1 is 1.14 bits per heavy atom. The second-order valence-electron chi connectivity index (χ2n) is 8.87. The first kappa shape index (κ1) is 26.1. The number of rotatable bonds is 2. The van der Waals surface area contributed by atoms with Gasteiger partial charge in [-0.15, -0.1) is 12.4 Å². The molecule has 11 heteroatoms. The van der Waals surface area contributed by atoms with Gasteiger partial charge in [-0.05, 0) is 49.3 Å². The lowest BCUT2D eigenvalue weighted by Gasteiger charge is -2.45. The molecule has 0 unspecified atom stereocenters. The van der Waals surface area contributed by atoms with Crippen LogP contribution in [0.15, 0.2) is 28.6 Å². The zero-order chi connectivity index (χ0) is 25.3. The van der Waals surface area contributed by atoms with Crippen LogP contribution >= 0.6 is 12.4 Å². The van der Waals surface area contributed by atoms with Crippen LogP contribution in [0.3, 0.4) is 0 Å². The van der Waals surface area contributed by atoms with Crippen LogP contribution in [0, 0.1) is 19.8 Å². The molecule has 0 fully saturated rings. The van der Waals surface area contributed by atoms with Gasteiger partial charge in [-0.1, -0.05) is 12.1 Å². The molecule has 0 bridgehead atoms. The largest absolute Gasteiger partial charge is 0.508 e. The van der Waals surface area contributed by atoms with Crippen molar-refractivity contribution in [1.29, 1.82) is 0 Å². The molecule has 0 spiro atoms. The minimum absolute atomic E-state index is 0. The number of hydrogen-bond donors (Lipinski definition) is 6. The lowest BCUT2D eigenvalue weighted by molar-refractivity contribution is -0.122. The van der Waals surface area contributed by atoms with E-state index in [9.17, 15) is 34.8 Å². The molecule has 186 valence electrons. The van der Waals surface area contributed by atoms with Crippen LogP contribution in [-0.4, -0.2) is 55.3 Å². The number of amides is 1. The Kier molecular flexibility index (Phi) is 6.45. The van der Waals surface area contributed by atoms with Gasteiger partial charge in [0, 0.05) is 12.8 Å². The Morgan fingerprint density at radius 2 is 1.77 bits per heavy atom. The highest BCUT2D eigenvalue weighted by molar-refractivity contribution is 6.26. The number of nitrogens with one attached hydrogen (secondary N) is 1. The fourth-order valence-electron chi connectivity index (χ4n) is 4.99. The summed E-state index contributed by atoms with van der Waals surface area (Å²) in [4.78, 5) is 38.0. The number of ketones is 2. The highest BCUT2D eigenvalue weighted by atomic mass is 35.5. The van der Waals surface area contributed by atoms with E-state index in [1.165, 1.54) is 13.8 Å². The third kappa shape index (κ3) is 3.48. The number of aryl methyl sites for hydroxylation is 2. The Morgan fingerprint density at radius 3 is 2.37 bits per heavy atom. The molecular weight excluding hydrogens is 478 g/mol. The number of carbonyl (C=O) groups is 3. The van der Waals surface area contributed by atoms with E-state index in [1.54, 1.807) is 26.0 Å². The van der Waals surface area contributed by atoms with Crippen LogP contribution in [0.25, 0.3) is 10.8 Å². The average Bonchev–Trinajstić information content (AvgIpc) is 2.78. The molecule has 2 aromatic rings. The summed E-state index contributed by atoms with van der Waals surface area (Å²) in [6.07, 6.45) is -0.0896. The average molecular weight is 504 g/mol. The Labute approximate surface area is 206 Å². The van der Waals surface area contributed by atoms with Crippen molar-refractivity contribution in [2.75, 3.05) is 0 Å². The van der Waals surface area contributed by atoms with Crippen LogP contribution in [0.5, 0.6) is 11.5 Å². The van der Waals surface area contributed by atoms with Gasteiger partial charge in [-0.25, -0.2) is 5.43 Å². The lowest BCUT2D eigenvalue weighted by atomic mass is 9.61. The van der Waals surface area contributed by atoms with E-state index in [4.69, 9.17) is 5.73 Å². The first-order valence-electron chi connectivity index (χ1n) is 10.6. The van der Waals surface area contributed by atoms with Crippen molar-refractivity contribution in [1.82, 2.24) is 5.43 Å². The first-order valence-corrected chi connectivity index (χ1v) is 10.6. The number of carbonyl (C=O) groups excluding carboxylic acids is 3. The number of halogens is 1. The second kappa shape index (κ2) is 8.63. The molecule has 0 aromatic heterocycles. The summed E-state index contributed by atoms with van der Waals surface area (Å²) in [5.74, 6) is -5.23. The van der Waals surface area contributed by atoms with Crippen molar-refractivity contribution in [3.05, 3.63) is 45.7 Å². The van der Waals surface area contributed by atoms with Gasteiger partial charge in [0.25, 0.3) is 0 Å². The zero-order valence-corrected chi connectivity index (χ0v) is 20.3. The standard InChI is InChI=1S/C24H25N3O7.ClH/c1-8-5-6-12-9(2)13-7-14-18(25)21(31)15(10(3)26-27-11(4)28)22(32)24(14,34)23(33)17(13)20(30)16(12)19(8)29;/h5-6,14,18,29-30,32,34H,7,25H2,1-4H3,(H,27,28);1H/b26-10+;/t14-,18+,24+;/m0./s1. The van der Waals surface area contributed by atoms with Crippen molar-refractivity contribution >= 4 is 46.4 Å². The Balaban J connectivity index is 0.00000342. The van der Waals surface area contributed by atoms with Gasteiger partial charge < -0.3 is 26.2 Å². The Bertz CT molecular complexity index is 1380. The summed E-state index contributed by atoms with van der Waals surface area (Å²) in [5, 5.41) is 48.5. The molecule has 10 nitrogen and oxygen atoms in total. The predicted molar refractivity (Wildman–Crippen MR) is 130 cm³/mol. The molecule has 2 aromatic carbocycles. The molecule has 7 N–H and O–H groups in total. The van der Waals surface area contributed by atoms with Gasteiger partial charge in [0.15, 0.2) is 11.4 Å². The summed E-state index contributed by atoms with van der Waals surface area (Å²) in [7, 11) is 0. The molecule has 2 aliphatic rings. The topological polar surface area (TPSA) is 183 Å². The number of hydrogen-bond acceptors (Lipinski definition) is 9. The number of hydrazone groups is 1. The van der Waals surface area contributed by atoms with E-state index in [0.29, 0.717) is 22.1 Å². The predicted octanol–water partition coefficient (Wildman–Crippen LogP) is 1.61. The molecule has 0 aliphatic heterocycles. The molecule has 3 atom stereocenters. The van der Waals surface area contributed by atoms with Gasteiger partial charge in [0.05, 0.1) is 28.3 Å². The number of nitrogens with zero attached hydrogens (tertiary/aromatic N) is 1. The molecule has 0 saturated heterocycles. The van der Waals surface area contributed by atoms with E-state index >= 15 is 0 Å². The maximum atomic E-state index is 13.7. The van der Waals surface area contributed by atoms with Crippen molar-refractivity contribution in [2.45, 2.75) is 45.8 Å². The number of aliphatic hydroxyl groups excluding tert-OH is 1. The molecule has 35 heavy (non-hydrogen) atoms. The molecule has 4 rings (SSSR count). The minimum atomic E-state index is -2.63. The summed E-state index contributed by atoms with van der Waals surface area (Å²) in [5.41, 5.74) is 6.22. The van der Waals surface area contributed by atoms with Crippen molar-refractivity contribution in [3.63, 3.8) is 0 Å². The number of Topliss-reactive ketones (excluding diaryl/α,β-unsaturated/α-hetero) is 2. The van der Waals surface area contributed by atoms with E-state index in [0.717, 1.165) is 0 Å². The maximum absolute atomic E-state index is 13.7. The summed E-state index contributed by atoms with van der Waals surface area (Å²) in [6.45, 7) is 5.84. The molecule has 0 heterocycles. The van der Waals surface area contributed by atoms with Crippen LogP contribution in [-0.2, 0) is 16.0 Å². The third-order valence-electron chi connectivity index (χ3n) is 6.87. The van der Waals surface area contributed by atoms with Gasteiger partial charge in [-0.3, -0.25) is 14.4 Å². The van der Waals surface area contributed by atoms with Gasteiger partial charge in [0.2, 0.25) is 11.7 Å². The molecule has 1 amide bonds. The van der Waals surface area contributed by atoms with Gasteiger partial charge >= 0.3 is 0 Å². The Hall–Kier alpha value is -3.47. The number of benzene rings is 2. The summed E-state index contributed by atoms with van der Waals surface area (Å²) in [6, 6.07) is 2.00. The maximum Gasteiger partial charge on any atom is 0.236 e. The first-order chi connectivity index (χ1) is 15.8. The third-order valence-corrected chi connectivity index (χ3v) is 6.87. The monoisotopic (exact) mass is 503 g/mol. The summed E-state index contributed by atoms with van der Waals surface area (Å²) < 4.78 is 0. The fraction of sp³-hybridized carbons (Fsp3) is 0.333. The van der Waals surface area contributed by atoms with Crippen molar-refractivity contribution in [2.24, 2.45) is 16.8 Å². The number of nitrogens with two attached hydrogens (primary N) is 1. The molecule has 0 saturated carbocycles. The van der Waals surface area contributed by atoms with Crippen LogP contribution < -0.4 is 11.2 Å². The van der Waals surface area contributed by atoms with Crippen LogP contribution in [0.1, 0.15) is 40.9 Å². The van der Waals surface area contributed by atoms with Crippen LogP contribution in [0.4, 0.5) is 0 Å². The van der Waals surface area contributed by atoms with Gasteiger partial charge in [-0.2, -0.15) is 5.10 Å². The van der Waals surface area contributed by atoms with E-state index in [1.807, 2.05) is 0 Å². The molecule has 0 radical (unpaired) electrons. The van der Waals surface area contributed by atoms with E-state index in [2.05, 4.69) is 10.5 Å². The normalized spacial score (nSPS) is 24.1. The number of phenolic OH excluding ortho intramolecular Hbond substituents is 2. The smallest absolute Gasteiger partial charge is 0.236 e. The molecule has 2 aliphatic carbocycles. The number of phenols is 2. The number of aromatic hydroxyl groups is 2. The number of aliphatic hydroxyl groups is 2. The summed E-state index contributed by atoms with van der Waals surface area (Å²) >= 11 is 0. The van der Waals surface area contributed by atoms with E-state index < -0.39 is 52.1 Å². The number of fused-ring (bicyclic) bond motifs is 3. The highest BCUT2D eigenvalue weighted by Crippen LogP contribution is 2.50. The van der Waals surface area contributed by atoms with Crippen molar-refractivity contribution < 1.29 is 34.8 Å². The van der Waals surface area contributed by atoms with Gasteiger partial charge in [0.1, 0.15) is 17.3 Å². The second-order valence-corrected chi connectivity index (χ2v) is 8.87.